The van der Waals surface area contributed by atoms with Gasteiger partial charge in [0.05, 0.1) is 12.0 Å². The summed E-state index contributed by atoms with van der Waals surface area (Å²) in [7, 11) is 0. The van der Waals surface area contributed by atoms with E-state index >= 15 is 0 Å². The van der Waals surface area contributed by atoms with Crippen molar-refractivity contribution in [1.82, 2.24) is 10.2 Å². The van der Waals surface area contributed by atoms with Crippen LogP contribution in [0.15, 0.2) is 91.0 Å². The van der Waals surface area contributed by atoms with Crippen LogP contribution in [0.5, 0.6) is 0 Å². The van der Waals surface area contributed by atoms with E-state index in [4.69, 9.17) is 4.74 Å². The minimum Gasteiger partial charge on any atom is -0.455 e. The largest absolute Gasteiger partial charge is 0.455 e. The Morgan fingerprint density at radius 3 is 1.74 bits per heavy atom. The zero-order valence-corrected chi connectivity index (χ0v) is 27.0. The molecule has 1 saturated heterocycles. The first-order chi connectivity index (χ1) is 20.4. The van der Waals surface area contributed by atoms with Gasteiger partial charge < -0.3 is 10.1 Å². The quantitative estimate of drug-likeness (QED) is 0.158. The molecule has 43 heavy (non-hydrogen) atoms. The van der Waals surface area contributed by atoms with Crippen molar-refractivity contribution in [3.63, 3.8) is 0 Å². The maximum absolute atomic E-state index is 14.6. The second-order valence-electron chi connectivity index (χ2n) is 11.8. The number of carbonyl (C=O) groups excluding carboxylic acids is 4. The number of likely N-dealkylation sites (tertiary alicyclic amines) is 1. The van der Waals surface area contributed by atoms with Gasteiger partial charge in [-0.2, -0.15) is 0 Å². The van der Waals surface area contributed by atoms with Gasteiger partial charge in [0, 0.05) is 32.5 Å². The molecule has 1 atom stereocenters. The fraction of sp³-hybridized carbons (Fsp3) is 0.324. The first-order valence-electron chi connectivity index (χ1n) is 14.3. The topological polar surface area (TPSA) is 92.8 Å². The highest BCUT2D eigenvalue weighted by atomic mass is 32.2. The van der Waals surface area contributed by atoms with Crippen LogP contribution in [0.3, 0.4) is 0 Å². The number of amides is 2. The summed E-state index contributed by atoms with van der Waals surface area (Å²) in [4.78, 5) is 54.4. The van der Waals surface area contributed by atoms with Crippen molar-refractivity contribution in [2.45, 2.75) is 58.6 Å². The maximum atomic E-state index is 14.6. The molecule has 7 nitrogen and oxygen atoms in total. The van der Waals surface area contributed by atoms with Gasteiger partial charge in [0.15, 0.2) is 5.12 Å². The third-order valence-corrected chi connectivity index (χ3v) is 12.2. The monoisotopic (exact) mass is 618 g/mol. The predicted octanol–water partition coefficient (Wildman–Crippen LogP) is 4.23. The Morgan fingerprint density at radius 2 is 1.35 bits per heavy atom. The Labute approximate surface area is 258 Å². The fourth-order valence-corrected chi connectivity index (χ4v) is 10.7. The molecule has 1 unspecified atom stereocenters. The van der Waals surface area contributed by atoms with Crippen LogP contribution in [0.2, 0.25) is 0 Å². The molecule has 0 aliphatic carbocycles. The zero-order chi connectivity index (χ0) is 31.3. The minimum absolute atomic E-state index is 0.0497. The van der Waals surface area contributed by atoms with E-state index in [9.17, 15) is 19.2 Å². The molecular formula is C34H39N2O5PS. The summed E-state index contributed by atoms with van der Waals surface area (Å²) in [6, 6.07) is 29.4. The highest BCUT2D eigenvalue weighted by molar-refractivity contribution is 8.13. The fourth-order valence-electron chi connectivity index (χ4n) is 5.43. The van der Waals surface area contributed by atoms with E-state index in [0.29, 0.717) is 12.3 Å². The first-order valence-corrected chi connectivity index (χ1v) is 17.1. The van der Waals surface area contributed by atoms with Crippen LogP contribution in [-0.2, 0) is 23.9 Å². The van der Waals surface area contributed by atoms with Crippen molar-refractivity contribution in [1.29, 1.82) is 0 Å². The molecule has 0 bridgehead atoms. The number of carbonyl (C=O) groups is 4. The van der Waals surface area contributed by atoms with Gasteiger partial charge in [-0.15, -0.1) is 0 Å². The number of nitrogens with zero attached hydrogens (tertiary/aromatic N) is 1. The Balaban J connectivity index is 2.01. The Kier molecular flexibility index (Phi) is 10.0. The summed E-state index contributed by atoms with van der Waals surface area (Å²) in [5.41, 5.74) is -1.51. The van der Waals surface area contributed by atoms with Gasteiger partial charge in [-0.1, -0.05) is 103 Å². The Bertz CT molecular complexity index is 1430. The SMILES string of the molecule is CC(=O)NCCSC(=O)CC1(C)CC(=O)N1C(C(=O)OC(C)(C)C)=P(c1ccccc1)(c1ccccc1)c1ccccc1. The minimum atomic E-state index is -3.04. The van der Waals surface area contributed by atoms with Gasteiger partial charge in [-0.05, 0) is 43.6 Å². The molecular weight excluding hydrogens is 579 g/mol. The highest BCUT2D eigenvalue weighted by Gasteiger charge is 2.55. The van der Waals surface area contributed by atoms with Gasteiger partial charge in [-0.3, -0.25) is 19.3 Å². The van der Waals surface area contributed by atoms with Crippen molar-refractivity contribution >= 4 is 62.9 Å². The lowest BCUT2D eigenvalue weighted by Gasteiger charge is -2.52. The molecule has 1 aliphatic rings. The van der Waals surface area contributed by atoms with Crippen LogP contribution in [-0.4, -0.2) is 56.7 Å². The molecule has 226 valence electrons. The van der Waals surface area contributed by atoms with E-state index in [1.807, 2.05) is 119 Å². The molecule has 3 aromatic rings. The van der Waals surface area contributed by atoms with Gasteiger partial charge in [-0.25, -0.2) is 4.79 Å². The molecule has 9 heteroatoms. The van der Waals surface area contributed by atoms with Crippen molar-refractivity contribution in [3.05, 3.63) is 91.0 Å². The zero-order valence-electron chi connectivity index (χ0n) is 25.3. The normalized spacial score (nSPS) is 16.7. The summed E-state index contributed by atoms with van der Waals surface area (Å²) >= 11 is 1.12. The van der Waals surface area contributed by atoms with Gasteiger partial charge in [0.2, 0.25) is 11.8 Å². The number of esters is 1. The average Bonchev–Trinajstić information content (AvgIpc) is 2.95. The van der Waals surface area contributed by atoms with E-state index < -0.39 is 24.0 Å². The number of benzene rings is 3. The highest BCUT2D eigenvalue weighted by Crippen LogP contribution is 2.51. The molecule has 0 aromatic heterocycles. The Hall–Kier alpha value is -3.61. The molecule has 0 radical (unpaired) electrons. The van der Waals surface area contributed by atoms with Crippen LogP contribution in [0.25, 0.3) is 0 Å². The summed E-state index contributed by atoms with van der Waals surface area (Å²) in [5, 5.41) is 5.27. The van der Waals surface area contributed by atoms with Gasteiger partial charge in [0.1, 0.15) is 11.0 Å². The lowest BCUT2D eigenvalue weighted by atomic mass is 9.83. The molecule has 2 amide bonds. The molecule has 1 N–H and O–H groups in total. The van der Waals surface area contributed by atoms with Crippen molar-refractivity contribution in [2.75, 3.05) is 12.3 Å². The third kappa shape index (κ3) is 7.14. The number of thioether (sulfide) groups is 1. The van der Waals surface area contributed by atoms with Crippen molar-refractivity contribution < 1.29 is 23.9 Å². The van der Waals surface area contributed by atoms with Crippen LogP contribution >= 0.6 is 18.6 Å². The lowest BCUT2D eigenvalue weighted by molar-refractivity contribution is -0.155. The van der Waals surface area contributed by atoms with Crippen LogP contribution in [0, 0.1) is 0 Å². The number of β-lactam (4-membered cyclic amide) rings is 1. The molecule has 1 fully saturated rings. The van der Waals surface area contributed by atoms with E-state index in [1.165, 1.54) is 6.92 Å². The molecule has 0 saturated carbocycles. The average molecular weight is 619 g/mol. The van der Waals surface area contributed by atoms with E-state index in [-0.39, 0.29) is 35.2 Å². The summed E-state index contributed by atoms with van der Waals surface area (Å²) in [6.07, 6.45) is 0.170. The number of ether oxygens (including phenoxy) is 1. The number of hydrogen-bond donors (Lipinski definition) is 1. The summed E-state index contributed by atoms with van der Waals surface area (Å²) in [5.74, 6) is -0.551. The summed E-state index contributed by atoms with van der Waals surface area (Å²) in [6.45, 7) is 6.04. The van der Waals surface area contributed by atoms with Crippen LogP contribution in [0.4, 0.5) is 0 Å². The molecule has 0 spiro atoms. The number of nitrogens with one attached hydrogen (secondary N) is 1. The molecule has 1 aliphatic heterocycles. The van der Waals surface area contributed by atoms with Crippen LogP contribution in [0.1, 0.15) is 47.5 Å². The van der Waals surface area contributed by atoms with E-state index in [2.05, 4.69) is 5.32 Å². The molecule has 3 aromatic carbocycles. The van der Waals surface area contributed by atoms with Crippen molar-refractivity contribution in [2.24, 2.45) is 0 Å². The second-order valence-corrected chi connectivity index (χ2v) is 16.3. The smallest absolute Gasteiger partial charge is 0.356 e. The molecule has 4 rings (SSSR count). The standard InChI is InChI=1S/C34H39N2O5PS/c1-25(37)35-21-22-43-30(39)24-34(5)23-29(38)36(34)31(32(40)41-33(2,3)4)42(26-15-9-6-10-16-26,27-17-11-7-12-18-27)28-19-13-8-14-20-28/h6-20H,21-24H2,1-5H3,(H,35,37). The van der Waals surface area contributed by atoms with E-state index in [0.717, 1.165) is 27.7 Å². The summed E-state index contributed by atoms with van der Waals surface area (Å²) < 4.78 is 6.10. The Morgan fingerprint density at radius 1 is 0.884 bits per heavy atom. The molecule has 1 heterocycles. The lowest BCUT2D eigenvalue weighted by Crippen LogP contribution is -2.67. The number of hydrogen-bond acceptors (Lipinski definition) is 6. The maximum Gasteiger partial charge on any atom is 0.356 e. The van der Waals surface area contributed by atoms with Gasteiger partial charge in [0.25, 0.3) is 0 Å². The first kappa shape index (κ1) is 32.3. The van der Waals surface area contributed by atoms with Crippen LogP contribution < -0.4 is 21.2 Å². The van der Waals surface area contributed by atoms with E-state index in [1.54, 1.807) is 4.90 Å². The second kappa shape index (κ2) is 13.4. The predicted molar refractivity (Wildman–Crippen MR) is 177 cm³/mol. The van der Waals surface area contributed by atoms with Gasteiger partial charge >= 0.3 is 5.97 Å². The third-order valence-electron chi connectivity index (χ3n) is 7.13. The number of rotatable bonds is 10. The van der Waals surface area contributed by atoms with Crippen molar-refractivity contribution in [3.8, 4) is 0 Å².